The lowest BCUT2D eigenvalue weighted by Gasteiger charge is -2.12. The maximum absolute atomic E-state index is 11.8. The second-order valence-electron chi connectivity index (χ2n) is 4.20. The molecule has 1 aliphatic rings. The number of hydrogen-bond acceptors (Lipinski definition) is 3. The Kier molecular flexibility index (Phi) is 3.72. The molecule has 1 N–H and O–H groups in total. The van der Waals surface area contributed by atoms with Crippen LogP contribution in [0.25, 0.3) is 6.08 Å². The highest BCUT2D eigenvalue weighted by atomic mass is 16.4. The summed E-state index contributed by atoms with van der Waals surface area (Å²) >= 11 is 0. The van der Waals surface area contributed by atoms with Gasteiger partial charge in [-0.3, -0.25) is 14.6 Å². The number of carboxylic acids is 1. The van der Waals surface area contributed by atoms with Crippen molar-refractivity contribution in [3.8, 4) is 0 Å². The van der Waals surface area contributed by atoms with Crippen LogP contribution in [0.2, 0.25) is 0 Å². The SMILES string of the molecule is O=C(O)C1CCN(C(=O)C=Cc2ccccn2)C1. The first-order valence-electron chi connectivity index (χ1n) is 5.77. The molecule has 1 saturated heterocycles. The number of carboxylic acid groups (broad SMARTS) is 1. The van der Waals surface area contributed by atoms with Gasteiger partial charge in [0.15, 0.2) is 0 Å². The van der Waals surface area contributed by atoms with Crippen molar-refractivity contribution < 1.29 is 14.7 Å². The molecule has 1 atom stereocenters. The summed E-state index contributed by atoms with van der Waals surface area (Å²) in [5.74, 6) is -1.43. The summed E-state index contributed by atoms with van der Waals surface area (Å²) in [5.41, 5.74) is 0.708. The number of amides is 1. The fraction of sp³-hybridized carbons (Fsp3) is 0.308. The summed E-state index contributed by atoms with van der Waals surface area (Å²) in [5, 5.41) is 8.85. The van der Waals surface area contributed by atoms with E-state index in [9.17, 15) is 9.59 Å². The number of aliphatic carboxylic acids is 1. The first-order chi connectivity index (χ1) is 8.66. The molecule has 5 nitrogen and oxygen atoms in total. The molecule has 1 aliphatic heterocycles. The molecule has 1 aromatic rings. The lowest BCUT2D eigenvalue weighted by atomic mass is 10.1. The number of carbonyl (C=O) groups excluding carboxylic acids is 1. The molecule has 1 unspecified atom stereocenters. The van der Waals surface area contributed by atoms with Crippen molar-refractivity contribution in [1.29, 1.82) is 0 Å². The lowest BCUT2D eigenvalue weighted by molar-refractivity contribution is -0.141. The van der Waals surface area contributed by atoms with E-state index in [1.165, 1.54) is 6.08 Å². The van der Waals surface area contributed by atoms with Crippen molar-refractivity contribution in [2.75, 3.05) is 13.1 Å². The molecule has 0 aromatic carbocycles. The van der Waals surface area contributed by atoms with Gasteiger partial charge in [-0.1, -0.05) is 6.07 Å². The molecule has 94 valence electrons. The zero-order valence-corrected chi connectivity index (χ0v) is 9.82. The number of nitrogens with zero attached hydrogens (tertiary/aromatic N) is 2. The van der Waals surface area contributed by atoms with Gasteiger partial charge in [-0.15, -0.1) is 0 Å². The van der Waals surface area contributed by atoms with E-state index >= 15 is 0 Å². The largest absolute Gasteiger partial charge is 0.481 e. The molecule has 0 aliphatic carbocycles. The van der Waals surface area contributed by atoms with Gasteiger partial charge in [0.25, 0.3) is 0 Å². The summed E-state index contributed by atoms with van der Waals surface area (Å²) in [6.07, 6.45) is 5.25. The van der Waals surface area contributed by atoms with E-state index in [0.717, 1.165) is 0 Å². The molecule has 0 spiro atoms. The zero-order chi connectivity index (χ0) is 13.0. The normalized spacial score (nSPS) is 19.3. The molecule has 0 radical (unpaired) electrons. The molecule has 1 fully saturated rings. The molecular weight excluding hydrogens is 232 g/mol. The lowest BCUT2D eigenvalue weighted by Crippen LogP contribution is -2.28. The van der Waals surface area contributed by atoms with Crippen LogP contribution < -0.4 is 0 Å². The van der Waals surface area contributed by atoms with Crippen LogP contribution in [0.4, 0.5) is 0 Å². The van der Waals surface area contributed by atoms with Gasteiger partial charge in [0.2, 0.25) is 5.91 Å². The summed E-state index contributed by atoms with van der Waals surface area (Å²) < 4.78 is 0. The quantitative estimate of drug-likeness (QED) is 0.808. The van der Waals surface area contributed by atoms with Gasteiger partial charge in [0.05, 0.1) is 11.6 Å². The maximum atomic E-state index is 11.8. The molecule has 0 saturated carbocycles. The fourth-order valence-electron chi connectivity index (χ4n) is 1.90. The van der Waals surface area contributed by atoms with E-state index in [1.807, 2.05) is 6.07 Å². The van der Waals surface area contributed by atoms with Crippen LogP contribution in [0.5, 0.6) is 0 Å². The fourth-order valence-corrected chi connectivity index (χ4v) is 1.90. The third-order valence-electron chi connectivity index (χ3n) is 2.93. The van der Waals surface area contributed by atoms with Crippen molar-refractivity contribution in [2.45, 2.75) is 6.42 Å². The minimum absolute atomic E-state index is 0.163. The number of hydrogen-bond donors (Lipinski definition) is 1. The second kappa shape index (κ2) is 5.44. The standard InChI is InChI=1S/C13H14N2O3/c16-12(5-4-11-3-1-2-7-14-11)15-8-6-10(9-15)13(17)18/h1-5,7,10H,6,8-9H2,(H,17,18). The summed E-state index contributed by atoms with van der Waals surface area (Å²) in [7, 11) is 0. The van der Waals surface area contributed by atoms with Gasteiger partial charge < -0.3 is 10.0 Å². The molecule has 1 aromatic heterocycles. The van der Waals surface area contributed by atoms with Gasteiger partial charge in [0, 0.05) is 25.4 Å². The third kappa shape index (κ3) is 2.94. The van der Waals surface area contributed by atoms with Crippen molar-refractivity contribution in [2.24, 2.45) is 5.92 Å². The smallest absolute Gasteiger partial charge is 0.308 e. The Morgan fingerprint density at radius 2 is 2.28 bits per heavy atom. The molecule has 0 bridgehead atoms. The number of pyridine rings is 1. The van der Waals surface area contributed by atoms with Gasteiger partial charge >= 0.3 is 5.97 Å². The average Bonchev–Trinajstić information content (AvgIpc) is 2.87. The van der Waals surface area contributed by atoms with Gasteiger partial charge in [-0.05, 0) is 24.6 Å². The van der Waals surface area contributed by atoms with Gasteiger partial charge in [-0.25, -0.2) is 0 Å². The van der Waals surface area contributed by atoms with E-state index in [1.54, 1.807) is 29.3 Å². The predicted molar refractivity (Wildman–Crippen MR) is 65.6 cm³/mol. The Morgan fingerprint density at radius 3 is 2.89 bits per heavy atom. The number of rotatable bonds is 3. The number of aromatic nitrogens is 1. The van der Waals surface area contributed by atoms with Crippen molar-refractivity contribution in [3.05, 3.63) is 36.2 Å². The van der Waals surface area contributed by atoms with Crippen LogP contribution in [0.15, 0.2) is 30.5 Å². The van der Waals surface area contributed by atoms with E-state index in [-0.39, 0.29) is 5.91 Å². The highest BCUT2D eigenvalue weighted by Crippen LogP contribution is 2.16. The Morgan fingerprint density at radius 1 is 1.44 bits per heavy atom. The minimum atomic E-state index is -0.834. The Bertz CT molecular complexity index is 470. The van der Waals surface area contributed by atoms with Crippen molar-refractivity contribution in [3.63, 3.8) is 0 Å². The van der Waals surface area contributed by atoms with E-state index in [2.05, 4.69) is 4.98 Å². The van der Waals surface area contributed by atoms with Crippen LogP contribution in [0.1, 0.15) is 12.1 Å². The monoisotopic (exact) mass is 246 g/mol. The van der Waals surface area contributed by atoms with Crippen LogP contribution in [-0.4, -0.2) is 40.0 Å². The first kappa shape index (κ1) is 12.3. The topological polar surface area (TPSA) is 70.5 Å². The van der Waals surface area contributed by atoms with Crippen LogP contribution in [0, 0.1) is 5.92 Å². The average molecular weight is 246 g/mol. The van der Waals surface area contributed by atoms with Crippen LogP contribution in [-0.2, 0) is 9.59 Å². The Balaban J connectivity index is 1.93. The molecule has 18 heavy (non-hydrogen) atoms. The van der Waals surface area contributed by atoms with Gasteiger partial charge in [0.1, 0.15) is 0 Å². The van der Waals surface area contributed by atoms with Crippen molar-refractivity contribution >= 4 is 18.0 Å². The molecule has 2 heterocycles. The molecular formula is C13H14N2O3. The molecule has 1 amide bonds. The van der Waals surface area contributed by atoms with E-state index in [0.29, 0.717) is 25.2 Å². The van der Waals surface area contributed by atoms with Crippen molar-refractivity contribution in [1.82, 2.24) is 9.88 Å². The summed E-state index contributed by atoms with van der Waals surface area (Å²) in [6, 6.07) is 5.44. The Labute approximate surface area is 105 Å². The third-order valence-corrected chi connectivity index (χ3v) is 2.93. The molecule has 5 heteroatoms. The highest BCUT2D eigenvalue weighted by molar-refractivity contribution is 5.92. The van der Waals surface area contributed by atoms with E-state index < -0.39 is 11.9 Å². The summed E-state index contributed by atoms with van der Waals surface area (Å²) in [6.45, 7) is 0.795. The Hall–Kier alpha value is -2.17. The number of carbonyl (C=O) groups is 2. The van der Waals surface area contributed by atoms with Gasteiger partial charge in [-0.2, -0.15) is 0 Å². The van der Waals surface area contributed by atoms with Crippen LogP contribution in [0.3, 0.4) is 0 Å². The zero-order valence-electron chi connectivity index (χ0n) is 9.82. The predicted octanol–water partition coefficient (Wildman–Crippen LogP) is 1.03. The number of likely N-dealkylation sites (tertiary alicyclic amines) is 1. The van der Waals surface area contributed by atoms with E-state index in [4.69, 9.17) is 5.11 Å². The molecule has 2 rings (SSSR count). The van der Waals surface area contributed by atoms with Crippen LogP contribution >= 0.6 is 0 Å². The minimum Gasteiger partial charge on any atom is -0.481 e. The summed E-state index contributed by atoms with van der Waals surface area (Å²) in [4.78, 5) is 28.2. The highest BCUT2D eigenvalue weighted by Gasteiger charge is 2.29. The maximum Gasteiger partial charge on any atom is 0.308 e. The second-order valence-corrected chi connectivity index (χ2v) is 4.20. The first-order valence-corrected chi connectivity index (χ1v) is 5.77.